The first-order valence-corrected chi connectivity index (χ1v) is 10.0. The molecule has 1 unspecified atom stereocenters. The zero-order valence-electron chi connectivity index (χ0n) is 18.2. The molecule has 4 rings (SSSR count). The topological polar surface area (TPSA) is 89.2 Å². The molecule has 0 aliphatic carbocycles. The lowest BCUT2D eigenvalue weighted by molar-refractivity contribution is -0.132. The molecule has 1 aliphatic heterocycles. The lowest BCUT2D eigenvalue weighted by Crippen LogP contribution is -2.29. The van der Waals surface area contributed by atoms with Gasteiger partial charge in [-0.1, -0.05) is 17.7 Å². The van der Waals surface area contributed by atoms with Crippen molar-refractivity contribution in [2.24, 2.45) is 0 Å². The fourth-order valence-electron chi connectivity index (χ4n) is 3.88. The number of rotatable bonds is 5. The maximum atomic E-state index is 13.2. The number of carbonyl (C=O) groups excluding carboxylic acids is 2. The molecule has 7 nitrogen and oxygen atoms in total. The zero-order valence-corrected chi connectivity index (χ0v) is 18.2. The third kappa shape index (κ3) is 3.51. The van der Waals surface area contributed by atoms with Gasteiger partial charge < -0.3 is 19.0 Å². The number of methoxy groups -OCH3 is 2. The number of aryl methyl sites for hydroxylation is 2. The summed E-state index contributed by atoms with van der Waals surface area (Å²) in [6.45, 7) is 3.72. The average Bonchev–Trinajstić information content (AvgIpc) is 3.41. The first kappa shape index (κ1) is 21.2. The molecule has 0 spiro atoms. The molecule has 0 bridgehead atoms. The number of hydrogen-bond donors (Lipinski definition) is 1. The van der Waals surface area contributed by atoms with Crippen molar-refractivity contribution in [3.63, 3.8) is 0 Å². The summed E-state index contributed by atoms with van der Waals surface area (Å²) in [5.41, 5.74) is 2.52. The van der Waals surface area contributed by atoms with E-state index < -0.39 is 17.7 Å². The highest BCUT2D eigenvalue weighted by atomic mass is 16.5. The normalized spacial score (nSPS) is 17.6. The predicted molar refractivity (Wildman–Crippen MR) is 119 cm³/mol. The first-order chi connectivity index (χ1) is 15.3. The van der Waals surface area contributed by atoms with Crippen LogP contribution in [0.15, 0.2) is 64.8 Å². The fraction of sp³-hybridized carbons (Fsp3) is 0.200. The highest BCUT2D eigenvalue weighted by Gasteiger charge is 2.48. The van der Waals surface area contributed by atoms with Crippen LogP contribution in [0.5, 0.6) is 11.5 Å². The Bertz CT molecular complexity index is 1200. The van der Waals surface area contributed by atoms with Gasteiger partial charge in [0.05, 0.1) is 31.7 Å². The van der Waals surface area contributed by atoms with Crippen LogP contribution in [-0.4, -0.2) is 31.0 Å². The number of ketones is 1. The average molecular weight is 433 g/mol. The van der Waals surface area contributed by atoms with Gasteiger partial charge >= 0.3 is 0 Å². The quantitative estimate of drug-likeness (QED) is 0.361. The van der Waals surface area contributed by atoms with E-state index in [2.05, 4.69) is 0 Å². The second-order valence-electron chi connectivity index (χ2n) is 7.57. The third-order valence-corrected chi connectivity index (χ3v) is 5.52. The Labute approximate surface area is 185 Å². The van der Waals surface area contributed by atoms with E-state index in [4.69, 9.17) is 13.9 Å². The van der Waals surface area contributed by atoms with Gasteiger partial charge in [0.25, 0.3) is 11.7 Å². The van der Waals surface area contributed by atoms with Crippen molar-refractivity contribution in [3.8, 4) is 11.5 Å². The van der Waals surface area contributed by atoms with Crippen LogP contribution in [0.3, 0.4) is 0 Å². The van der Waals surface area contributed by atoms with Crippen molar-refractivity contribution in [2.45, 2.75) is 19.9 Å². The number of aliphatic hydroxyl groups is 1. The number of carbonyl (C=O) groups is 2. The van der Waals surface area contributed by atoms with Gasteiger partial charge in [0.2, 0.25) is 0 Å². The standard InChI is InChI=1S/C25H23NO6/c1-14-7-8-15(2)19(10-14)23(27)21-22(20-6-5-9-32-20)26(25(29)24(21)28)16-11-17(30-3)13-18(12-16)31-4/h5-13,22,27H,1-4H3/b23-21-. The minimum Gasteiger partial charge on any atom is -0.507 e. The molecule has 1 amide bonds. The van der Waals surface area contributed by atoms with Crippen LogP contribution < -0.4 is 14.4 Å². The van der Waals surface area contributed by atoms with E-state index in [1.807, 2.05) is 26.0 Å². The SMILES string of the molecule is COc1cc(OC)cc(N2C(=O)C(=O)/C(=C(\O)c3cc(C)ccc3C)C2c2ccco2)c1. The van der Waals surface area contributed by atoms with Crippen molar-refractivity contribution in [1.82, 2.24) is 0 Å². The molecule has 0 saturated carbocycles. The number of anilines is 1. The number of amides is 1. The Morgan fingerprint density at radius 2 is 1.69 bits per heavy atom. The summed E-state index contributed by atoms with van der Waals surface area (Å²) in [6, 6.07) is 12.8. The summed E-state index contributed by atoms with van der Waals surface area (Å²) in [4.78, 5) is 27.7. The van der Waals surface area contributed by atoms with Crippen molar-refractivity contribution in [3.05, 3.63) is 82.8 Å². The molecule has 3 aromatic rings. The summed E-state index contributed by atoms with van der Waals surface area (Å²) in [6.07, 6.45) is 1.46. The maximum absolute atomic E-state index is 13.2. The monoisotopic (exact) mass is 433 g/mol. The van der Waals surface area contributed by atoms with E-state index in [0.29, 0.717) is 28.5 Å². The van der Waals surface area contributed by atoms with Gasteiger partial charge in [-0.25, -0.2) is 0 Å². The van der Waals surface area contributed by atoms with E-state index >= 15 is 0 Å². The Morgan fingerprint density at radius 1 is 1.00 bits per heavy atom. The molecular formula is C25H23NO6. The number of ether oxygens (including phenoxy) is 2. The number of furan rings is 1. The molecule has 1 atom stereocenters. The Balaban J connectivity index is 1.97. The van der Waals surface area contributed by atoms with Gasteiger partial charge in [-0.15, -0.1) is 0 Å². The molecule has 164 valence electrons. The fourth-order valence-corrected chi connectivity index (χ4v) is 3.88. The molecule has 1 aromatic heterocycles. The zero-order chi connectivity index (χ0) is 23.0. The van der Waals surface area contributed by atoms with Crippen LogP contribution in [0.4, 0.5) is 5.69 Å². The first-order valence-electron chi connectivity index (χ1n) is 10.0. The van der Waals surface area contributed by atoms with Gasteiger partial charge in [-0.2, -0.15) is 0 Å². The van der Waals surface area contributed by atoms with Gasteiger partial charge in [0.1, 0.15) is 29.1 Å². The van der Waals surface area contributed by atoms with Crippen LogP contribution in [-0.2, 0) is 9.59 Å². The van der Waals surface area contributed by atoms with Gasteiger partial charge in [0, 0.05) is 23.8 Å². The number of nitrogens with zero attached hydrogens (tertiary/aromatic N) is 1. The number of aliphatic hydroxyl groups excluding tert-OH is 1. The predicted octanol–water partition coefficient (Wildman–Crippen LogP) is 4.54. The minimum atomic E-state index is -0.957. The highest BCUT2D eigenvalue weighted by Crippen LogP contribution is 2.44. The van der Waals surface area contributed by atoms with Crippen molar-refractivity contribution < 1.29 is 28.6 Å². The van der Waals surface area contributed by atoms with Gasteiger partial charge in [-0.3, -0.25) is 14.5 Å². The number of Topliss-reactive ketones (excluding diaryl/α,β-unsaturated/α-hetero) is 1. The van der Waals surface area contributed by atoms with E-state index in [1.165, 1.54) is 25.4 Å². The third-order valence-electron chi connectivity index (χ3n) is 5.52. The molecular weight excluding hydrogens is 410 g/mol. The number of benzene rings is 2. The summed E-state index contributed by atoms with van der Waals surface area (Å²) in [7, 11) is 2.99. The Morgan fingerprint density at radius 3 is 2.28 bits per heavy atom. The highest BCUT2D eigenvalue weighted by molar-refractivity contribution is 6.51. The molecule has 0 radical (unpaired) electrons. The molecule has 2 aromatic carbocycles. The molecule has 1 aliphatic rings. The summed E-state index contributed by atoms with van der Waals surface area (Å²) < 4.78 is 16.3. The van der Waals surface area contributed by atoms with Crippen molar-refractivity contribution in [1.29, 1.82) is 0 Å². The van der Waals surface area contributed by atoms with Crippen molar-refractivity contribution >= 4 is 23.1 Å². The molecule has 7 heteroatoms. The lowest BCUT2D eigenvalue weighted by atomic mass is 9.96. The van der Waals surface area contributed by atoms with E-state index in [1.54, 1.807) is 36.4 Å². The second-order valence-corrected chi connectivity index (χ2v) is 7.57. The smallest absolute Gasteiger partial charge is 0.300 e. The van der Waals surface area contributed by atoms with E-state index in [0.717, 1.165) is 11.1 Å². The Kier molecular flexibility index (Phi) is 5.48. The largest absolute Gasteiger partial charge is 0.507 e. The number of hydrogen-bond acceptors (Lipinski definition) is 6. The summed E-state index contributed by atoms with van der Waals surface area (Å²) in [5, 5.41) is 11.2. The lowest BCUT2D eigenvalue weighted by Gasteiger charge is -2.24. The van der Waals surface area contributed by atoms with Crippen LogP contribution in [0.1, 0.15) is 28.5 Å². The minimum absolute atomic E-state index is 0.0413. The van der Waals surface area contributed by atoms with Gasteiger partial charge in [-0.05, 0) is 37.6 Å². The van der Waals surface area contributed by atoms with Crippen LogP contribution in [0, 0.1) is 13.8 Å². The van der Waals surface area contributed by atoms with E-state index in [-0.39, 0.29) is 11.3 Å². The molecule has 1 N–H and O–H groups in total. The van der Waals surface area contributed by atoms with Crippen LogP contribution in [0.2, 0.25) is 0 Å². The van der Waals surface area contributed by atoms with E-state index in [9.17, 15) is 14.7 Å². The van der Waals surface area contributed by atoms with Crippen molar-refractivity contribution in [2.75, 3.05) is 19.1 Å². The van der Waals surface area contributed by atoms with Crippen LogP contribution >= 0.6 is 0 Å². The summed E-state index contributed by atoms with van der Waals surface area (Å²) in [5.74, 6) is -0.579. The molecule has 1 fully saturated rings. The Hall–Kier alpha value is -4.00. The molecule has 1 saturated heterocycles. The van der Waals surface area contributed by atoms with Gasteiger partial charge in [0.15, 0.2) is 0 Å². The molecule has 32 heavy (non-hydrogen) atoms. The molecule has 2 heterocycles. The second kappa shape index (κ2) is 8.26. The van der Waals surface area contributed by atoms with Crippen LogP contribution in [0.25, 0.3) is 5.76 Å². The summed E-state index contributed by atoms with van der Waals surface area (Å²) >= 11 is 0. The maximum Gasteiger partial charge on any atom is 0.300 e.